The molecule has 2 N–H and O–H groups in total. The van der Waals surface area contributed by atoms with Gasteiger partial charge >= 0.3 is 0 Å². The molecule has 0 radical (unpaired) electrons. The van der Waals surface area contributed by atoms with Crippen LogP contribution >= 0.6 is 11.6 Å². The van der Waals surface area contributed by atoms with E-state index in [1.54, 1.807) is 24.3 Å². The first kappa shape index (κ1) is 34.2. The van der Waals surface area contributed by atoms with Gasteiger partial charge in [0.2, 0.25) is 5.91 Å². The van der Waals surface area contributed by atoms with Crippen LogP contribution in [-0.4, -0.2) is 37.8 Å². The van der Waals surface area contributed by atoms with Crippen LogP contribution in [0.3, 0.4) is 0 Å². The molecule has 1 atom stereocenters. The Hall–Kier alpha value is -5.19. The Morgan fingerprint density at radius 1 is 0.750 bits per heavy atom. The summed E-state index contributed by atoms with van der Waals surface area (Å²) in [5, 5.41) is 3.53. The van der Waals surface area contributed by atoms with Gasteiger partial charge in [0.05, 0.1) is 4.90 Å². The second kappa shape index (κ2) is 16.1. The largest absolute Gasteiger partial charge is 0.484 e. The number of ether oxygens (including phenoxy) is 1. The molecule has 2 amide bonds. The third-order valence-corrected chi connectivity index (χ3v) is 9.09. The molecular formula is C37H33ClFN3O5S. The van der Waals surface area contributed by atoms with Crippen LogP contribution in [0.4, 0.5) is 10.1 Å². The number of hydrogen-bond acceptors (Lipinski definition) is 5. The van der Waals surface area contributed by atoms with Gasteiger partial charge in [-0.05, 0) is 77.4 Å². The van der Waals surface area contributed by atoms with Gasteiger partial charge in [0.25, 0.3) is 15.9 Å². The molecule has 0 aliphatic rings. The lowest BCUT2D eigenvalue weighted by Gasteiger charge is -2.31. The zero-order valence-corrected chi connectivity index (χ0v) is 27.3. The molecule has 0 aliphatic carbocycles. The Kier molecular flexibility index (Phi) is 11.4. The molecule has 0 unspecified atom stereocenters. The minimum Gasteiger partial charge on any atom is -0.484 e. The summed E-state index contributed by atoms with van der Waals surface area (Å²) in [5.74, 6) is -1.01. The summed E-state index contributed by atoms with van der Waals surface area (Å²) in [6, 6.07) is 35.6. The summed E-state index contributed by atoms with van der Waals surface area (Å²) in [6.45, 7) is -0.0116. The summed E-state index contributed by atoms with van der Waals surface area (Å²) in [4.78, 5) is 29.2. The lowest BCUT2D eigenvalue weighted by Crippen LogP contribution is -2.51. The van der Waals surface area contributed by atoms with Crippen molar-refractivity contribution in [2.24, 2.45) is 0 Å². The number of amides is 2. The SMILES string of the molecule is O=C(NCc1ccccc1)[C@@H](Cc1ccccc1)N(Cc1ccc(Cl)cc1)C(=O)COc1ccc(S(=O)(=O)Nc2ccc(F)cc2)cc1. The summed E-state index contributed by atoms with van der Waals surface area (Å²) in [5.41, 5.74) is 2.77. The Morgan fingerprint density at radius 2 is 1.35 bits per heavy atom. The molecule has 0 heterocycles. The fourth-order valence-corrected chi connectivity index (χ4v) is 6.10. The molecular weight excluding hydrogens is 653 g/mol. The number of halogens is 2. The molecule has 0 saturated heterocycles. The van der Waals surface area contributed by atoms with Crippen molar-refractivity contribution in [1.82, 2.24) is 10.2 Å². The van der Waals surface area contributed by atoms with Crippen LogP contribution in [-0.2, 0) is 39.1 Å². The van der Waals surface area contributed by atoms with E-state index in [4.69, 9.17) is 16.3 Å². The van der Waals surface area contributed by atoms with Gasteiger partial charge in [-0.1, -0.05) is 84.4 Å². The van der Waals surface area contributed by atoms with E-state index in [-0.39, 0.29) is 41.7 Å². The molecule has 5 aromatic rings. The number of nitrogens with zero attached hydrogens (tertiary/aromatic N) is 1. The van der Waals surface area contributed by atoms with Crippen molar-refractivity contribution in [3.05, 3.63) is 161 Å². The Labute approximate surface area is 284 Å². The molecule has 246 valence electrons. The predicted molar refractivity (Wildman–Crippen MR) is 183 cm³/mol. The minimum absolute atomic E-state index is 0.0483. The number of nitrogens with one attached hydrogen (secondary N) is 2. The quantitative estimate of drug-likeness (QED) is 0.137. The number of benzene rings is 5. The van der Waals surface area contributed by atoms with Gasteiger partial charge in [-0.15, -0.1) is 0 Å². The van der Waals surface area contributed by atoms with Crippen LogP contribution in [0.5, 0.6) is 5.75 Å². The fourth-order valence-electron chi connectivity index (χ4n) is 4.92. The summed E-state index contributed by atoms with van der Waals surface area (Å²) >= 11 is 6.11. The highest BCUT2D eigenvalue weighted by atomic mass is 35.5. The highest BCUT2D eigenvalue weighted by Gasteiger charge is 2.31. The van der Waals surface area contributed by atoms with Crippen LogP contribution in [0.25, 0.3) is 0 Å². The Morgan fingerprint density at radius 3 is 1.98 bits per heavy atom. The third-order valence-electron chi connectivity index (χ3n) is 7.44. The van der Waals surface area contributed by atoms with Gasteiger partial charge in [0.1, 0.15) is 17.6 Å². The van der Waals surface area contributed by atoms with Gasteiger partial charge in [-0.3, -0.25) is 14.3 Å². The average Bonchev–Trinajstić information content (AvgIpc) is 3.10. The first-order valence-corrected chi connectivity index (χ1v) is 16.9. The van der Waals surface area contributed by atoms with Crippen LogP contribution in [0.2, 0.25) is 5.02 Å². The van der Waals surface area contributed by atoms with Crippen LogP contribution in [0.15, 0.2) is 138 Å². The minimum atomic E-state index is -3.96. The maximum Gasteiger partial charge on any atom is 0.261 e. The van der Waals surface area contributed by atoms with E-state index in [0.29, 0.717) is 5.02 Å². The first-order valence-electron chi connectivity index (χ1n) is 15.1. The monoisotopic (exact) mass is 685 g/mol. The number of carbonyl (C=O) groups excluding carboxylic acids is 2. The highest BCUT2D eigenvalue weighted by molar-refractivity contribution is 7.92. The van der Waals surface area contributed by atoms with Crippen LogP contribution in [0, 0.1) is 5.82 Å². The van der Waals surface area contributed by atoms with E-state index in [0.717, 1.165) is 28.8 Å². The zero-order chi connectivity index (χ0) is 33.9. The molecule has 0 saturated carbocycles. The second-order valence-electron chi connectivity index (χ2n) is 10.9. The summed E-state index contributed by atoms with van der Waals surface area (Å²) < 4.78 is 47.1. The smallest absolute Gasteiger partial charge is 0.261 e. The molecule has 0 spiro atoms. The van der Waals surface area contributed by atoms with Gasteiger partial charge in [-0.2, -0.15) is 0 Å². The lowest BCUT2D eigenvalue weighted by molar-refractivity contribution is -0.142. The number of sulfonamides is 1. The van der Waals surface area contributed by atoms with E-state index in [9.17, 15) is 22.4 Å². The fraction of sp³-hybridized carbons (Fsp3) is 0.135. The van der Waals surface area contributed by atoms with Crippen molar-refractivity contribution in [3.8, 4) is 5.75 Å². The third kappa shape index (κ3) is 9.66. The molecule has 0 fully saturated rings. The normalized spacial score (nSPS) is 11.7. The van der Waals surface area contributed by atoms with Gasteiger partial charge in [0.15, 0.2) is 6.61 Å². The maximum atomic E-state index is 13.9. The van der Waals surface area contributed by atoms with E-state index >= 15 is 0 Å². The number of carbonyl (C=O) groups is 2. The molecule has 8 nitrogen and oxygen atoms in total. The van der Waals surface area contributed by atoms with Crippen LogP contribution in [0.1, 0.15) is 16.7 Å². The highest BCUT2D eigenvalue weighted by Crippen LogP contribution is 2.21. The standard InChI is InChI=1S/C37H33ClFN3O5S/c38-30-13-11-29(12-14-30)25-42(35(23-27-7-3-1-4-8-27)37(44)40-24-28-9-5-2-6-10-28)36(43)26-47-33-19-21-34(22-20-33)48(45,46)41-32-17-15-31(39)16-18-32/h1-22,35,41H,23-26H2,(H,40,44)/t35-/m1/s1. The molecule has 0 aliphatic heterocycles. The maximum absolute atomic E-state index is 13.9. The Balaban J connectivity index is 1.34. The van der Waals surface area contributed by atoms with E-state index in [1.165, 1.54) is 41.3 Å². The first-order chi connectivity index (χ1) is 23.2. The number of anilines is 1. The molecule has 0 aromatic heterocycles. The number of hydrogen-bond donors (Lipinski definition) is 2. The van der Waals surface area contributed by atoms with Gasteiger partial charge in [0, 0.05) is 30.2 Å². The van der Waals surface area contributed by atoms with E-state index in [1.807, 2.05) is 60.7 Å². The Bertz CT molecular complexity index is 1910. The van der Waals surface area contributed by atoms with E-state index in [2.05, 4.69) is 10.0 Å². The topological polar surface area (TPSA) is 105 Å². The van der Waals surface area contributed by atoms with Crippen molar-refractivity contribution in [1.29, 1.82) is 0 Å². The number of rotatable bonds is 14. The van der Waals surface area contributed by atoms with E-state index < -0.39 is 34.4 Å². The van der Waals surface area contributed by atoms with Gasteiger partial charge < -0.3 is 15.0 Å². The molecule has 0 bridgehead atoms. The summed E-state index contributed by atoms with van der Waals surface area (Å²) in [6.07, 6.45) is 0.258. The second-order valence-corrected chi connectivity index (χ2v) is 13.0. The predicted octanol–water partition coefficient (Wildman–Crippen LogP) is 6.62. The lowest BCUT2D eigenvalue weighted by atomic mass is 10.0. The van der Waals surface area contributed by atoms with Crippen molar-refractivity contribution >= 4 is 39.1 Å². The zero-order valence-electron chi connectivity index (χ0n) is 25.8. The average molecular weight is 686 g/mol. The van der Waals surface area contributed by atoms with Gasteiger partial charge in [-0.25, -0.2) is 12.8 Å². The molecule has 5 aromatic carbocycles. The molecule has 5 rings (SSSR count). The molecule has 11 heteroatoms. The summed E-state index contributed by atoms with van der Waals surface area (Å²) in [7, 11) is -3.96. The molecule has 48 heavy (non-hydrogen) atoms. The van der Waals surface area contributed by atoms with Crippen molar-refractivity contribution in [3.63, 3.8) is 0 Å². The van der Waals surface area contributed by atoms with Crippen molar-refractivity contribution in [2.45, 2.75) is 30.4 Å². The van der Waals surface area contributed by atoms with Crippen LogP contribution < -0.4 is 14.8 Å². The van der Waals surface area contributed by atoms with Crippen molar-refractivity contribution in [2.75, 3.05) is 11.3 Å². The van der Waals surface area contributed by atoms with Crippen molar-refractivity contribution < 1.29 is 27.1 Å².